The van der Waals surface area contributed by atoms with Crippen LogP contribution in [0.25, 0.3) is 0 Å². The average Bonchev–Trinajstić information content (AvgIpc) is 3.30. The number of aromatic nitrogens is 1. The fraction of sp³-hybridized carbons (Fsp3) is 0.500. The fourth-order valence-corrected chi connectivity index (χ4v) is 5.15. The summed E-state index contributed by atoms with van der Waals surface area (Å²) in [5.41, 5.74) is -0.867. The molecule has 0 unspecified atom stereocenters. The lowest BCUT2D eigenvalue weighted by atomic mass is 9.87. The van der Waals surface area contributed by atoms with Gasteiger partial charge < -0.3 is 19.7 Å². The third-order valence-electron chi connectivity index (χ3n) is 5.74. The van der Waals surface area contributed by atoms with Crippen molar-refractivity contribution in [2.24, 2.45) is 11.8 Å². The second kappa shape index (κ2) is 8.16. The van der Waals surface area contributed by atoms with Crippen molar-refractivity contribution in [2.75, 3.05) is 6.61 Å². The zero-order valence-electron chi connectivity index (χ0n) is 15.7. The van der Waals surface area contributed by atoms with Gasteiger partial charge in [-0.15, -0.1) is 11.3 Å². The summed E-state index contributed by atoms with van der Waals surface area (Å²) in [5.74, 6) is -1.74. The predicted octanol–water partition coefficient (Wildman–Crippen LogP) is 4.16. The smallest absolute Gasteiger partial charge is 0.419 e. The topological polar surface area (TPSA) is 88.9 Å². The van der Waals surface area contributed by atoms with Crippen molar-refractivity contribution in [1.29, 1.82) is 0 Å². The van der Waals surface area contributed by atoms with E-state index in [0.29, 0.717) is 24.3 Å². The standard InChI is InChI=1S/C20H20F3NO5S/c21-20(22,23)12-3-1-2-4-15(12)28-8-11-10-5-6-16(29-17(10)7-14(11)25)18-24-13(9-30-18)19(26)27/h1-4,9-11,14,16-17,25H,5-8H2,(H,26,27)/t10-,11+,14-,16-,17+/m1/s1. The van der Waals surface area contributed by atoms with E-state index in [1.54, 1.807) is 0 Å². The Bertz CT molecular complexity index is 918. The molecule has 2 aromatic rings. The summed E-state index contributed by atoms with van der Waals surface area (Å²) in [4.78, 5) is 15.1. The van der Waals surface area contributed by atoms with Gasteiger partial charge in [0.15, 0.2) is 5.69 Å². The molecule has 2 fully saturated rings. The van der Waals surface area contributed by atoms with Crippen molar-refractivity contribution in [1.82, 2.24) is 4.98 Å². The number of benzene rings is 1. The number of carboxylic acids is 1. The Balaban J connectivity index is 1.41. The molecule has 30 heavy (non-hydrogen) atoms. The monoisotopic (exact) mass is 443 g/mol. The molecule has 2 heterocycles. The summed E-state index contributed by atoms with van der Waals surface area (Å²) in [6.07, 6.45) is -4.25. The molecule has 1 aliphatic carbocycles. The van der Waals surface area contributed by atoms with Crippen LogP contribution in [-0.2, 0) is 10.9 Å². The first kappa shape index (κ1) is 21.1. The van der Waals surface area contributed by atoms with Crippen LogP contribution in [0.1, 0.15) is 46.4 Å². The van der Waals surface area contributed by atoms with Gasteiger partial charge in [0, 0.05) is 17.7 Å². The van der Waals surface area contributed by atoms with Crippen LogP contribution in [0.2, 0.25) is 0 Å². The lowest BCUT2D eigenvalue weighted by Crippen LogP contribution is -2.33. The Kier molecular flexibility index (Phi) is 5.73. The number of fused-ring (bicyclic) bond motifs is 1. The minimum absolute atomic E-state index is 0.0261. The van der Waals surface area contributed by atoms with E-state index in [1.165, 1.54) is 34.9 Å². The summed E-state index contributed by atoms with van der Waals surface area (Å²) in [6.45, 7) is -0.0378. The first-order valence-electron chi connectivity index (χ1n) is 9.55. The molecule has 2 aliphatic rings. The highest BCUT2D eigenvalue weighted by Gasteiger charge is 2.47. The second-order valence-corrected chi connectivity index (χ2v) is 8.44. The van der Waals surface area contributed by atoms with E-state index in [2.05, 4.69) is 4.98 Å². The highest BCUT2D eigenvalue weighted by atomic mass is 32.1. The normalized spacial score (nSPS) is 28.9. The van der Waals surface area contributed by atoms with Crippen molar-refractivity contribution in [2.45, 2.75) is 43.8 Å². The van der Waals surface area contributed by atoms with Crippen molar-refractivity contribution < 1.29 is 37.7 Å². The predicted molar refractivity (Wildman–Crippen MR) is 100 cm³/mol. The van der Waals surface area contributed by atoms with E-state index in [1.807, 2.05) is 0 Å². The molecule has 0 spiro atoms. The van der Waals surface area contributed by atoms with Crippen LogP contribution in [0.3, 0.4) is 0 Å². The van der Waals surface area contributed by atoms with Gasteiger partial charge in [0.1, 0.15) is 16.9 Å². The Morgan fingerprint density at radius 1 is 1.30 bits per heavy atom. The minimum Gasteiger partial charge on any atom is -0.493 e. The van der Waals surface area contributed by atoms with Crippen LogP contribution < -0.4 is 4.74 Å². The van der Waals surface area contributed by atoms with E-state index in [9.17, 15) is 23.1 Å². The summed E-state index contributed by atoms with van der Waals surface area (Å²) < 4.78 is 51.1. The lowest BCUT2D eigenvalue weighted by molar-refractivity contribution is -0.139. The quantitative estimate of drug-likeness (QED) is 0.722. The lowest BCUT2D eigenvalue weighted by Gasteiger charge is -2.34. The first-order chi connectivity index (χ1) is 14.2. The largest absolute Gasteiger partial charge is 0.493 e. The molecule has 0 amide bonds. The third kappa shape index (κ3) is 4.17. The van der Waals surface area contributed by atoms with Crippen molar-refractivity contribution >= 4 is 17.3 Å². The summed E-state index contributed by atoms with van der Waals surface area (Å²) >= 11 is 1.22. The Hall–Kier alpha value is -2.17. The summed E-state index contributed by atoms with van der Waals surface area (Å²) in [7, 11) is 0. The number of halogens is 3. The van der Waals surface area contributed by atoms with E-state index in [0.717, 1.165) is 6.07 Å². The van der Waals surface area contributed by atoms with E-state index < -0.39 is 23.8 Å². The number of hydrogen-bond donors (Lipinski definition) is 2. The number of aliphatic hydroxyl groups excluding tert-OH is 1. The van der Waals surface area contributed by atoms with Crippen molar-refractivity contribution in [3.8, 4) is 5.75 Å². The number of aromatic carboxylic acids is 1. The number of hydrogen-bond acceptors (Lipinski definition) is 6. The Morgan fingerprint density at radius 2 is 2.07 bits per heavy atom. The maximum atomic E-state index is 13.2. The minimum atomic E-state index is -4.52. The molecule has 1 aromatic carbocycles. The van der Waals surface area contributed by atoms with Gasteiger partial charge in [0.2, 0.25) is 0 Å². The van der Waals surface area contributed by atoms with Crippen LogP contribution in [0.5, 0.6) is 5.75 Å². The van der Waals surface area contributed by atoms with Gasteiger partial charge in [0.05, 0.1) is 24.4 Å². The molecule has 2 N–H and O–H groups in total. The molecule has 1 aliphatic heterocycles. The number of carbonyl (C=O) groups is 1. The molecule has 4 rings (SSSR count). The molecule has 5 atom stereocenters. The van der Waals surface area contributed by atoms with Crippen LogP contribution in [0.15, 0.2) is 29.6 Å². The van der Waals surface area contributed by atoms with Crippen LogP contribution >= 0.6 is 11.3 Å². The number of nitrogens with zero attached hydrogens (tertiary/aromatic N) is 1. The Morgan fingerprint density at radius 3 is 2.77 bits per heavy atom. The molecule has 1 aromatic heterocycles. The van der Waals surface area contributed by atoms with E-state index in [4.69, 9.17) is 14.6 Å². The van der Waals surface area contributed by atoms with Crippen LogP contribution in [0.4, 0.5) is 13.2 Å². The summed E-state index contributed by atoms with van der Waals surface area (Å²) in [6, 6.07) is 5.03. The zero-order valence-corrected chi connectivity index (χ0v) is 16.5. The Labute approximate surface area is 174 Å². The maximum absolute atomic E-state index is 13.2. The number of para-hydroxylation sites is 1. The molecule has 0 radical (unpaired) electrons. The SMILES string of the molecule is O=C(O)c1csc([C@H]2CC[C@@H]3[C@H](COc4ccccc4C(F)(F)F)[C@H](O)C[C@@H]3O2)n1. The van der Waals surface area contributed by atoms with Gasteiger partial charge in [-0.1, -0.05) is 12.1 Å². The van der Waals surface area contributed by atoms with Crippen molar-refractivity contribution in [3.05, 3.63) is 45.9 Å². The highest BCUT2D eigenvalue weighted by molar-refractivity contribution is 7.09. The highest BCUT2D eigenvalue weighted by Crippen LogP contribution is 2.46. The van der Waals surface area contributed by atoms with Crippen LogP contribution in [0, 0.1) is 11.8 Å². The number of ether oxygens (including phenoxy) is 2. The van der Waals surface area contributed by atoms with Crippen molar-refractivity contribution in [3.63, 3.8) is 0 Å². The molecule has 1 saturated carbocycles. The van der Waals surface area contributed by atoms with Gasteiger partial charge in [-0.2, -0.15) is 13.2 Å². The number of alkyl halides is 3. The first-order valence-corrected chi connectivity index (χ1v) is 10.4. The molecular weight excluding hydrogens is 423 g/mol. The van der Waals surface area contributed by atoms with Gasteiger partial charge in [-0.05, 0) is 30.9 Å². The van der Waals surface area contributed by atoms with E-state index in [-0.39, 0.29) is 42.1 Å². The molecule has 162 valence electrons. The van der Waals surface area contributed by atoms with Gasteiger partial charge in [-0.25, -0.2) is 9.78 Å². The molecule has 0 bridgehead atoms. The molecule has 1 saturated heterocycles. The van der Waals surface area contributed by atoms with Crippen LogP contribution in [-0.4, -0.2) is 40.0 Å². The van der Waals surface area contributed by atoms with Gasteiger partial charge in [-0.3, -0.25) is 0 Å². The number of rotatable bonds is 5. The van der Waals surface area contributed by atoms with Gasteiger partial charge >= 0.3 is 12.1 Å². The maximum Gasteiger partial charge on any atom is 0.419 e. The number of thiazole rings is 1. The fourth-order valence-electron chi connectivity index (χ4n) is 4.29. The van der Waals surface area contributed by atoms with E-state index >= 15 is 0 Å². The summed E-state index contributed by atoms with van der Waals surface area (Å²) in [5, 5.41) is 21.6. The molecule has 10 heteroatoms. The average molecular weight is 443 g/mol. The molecule has 6 nitrogen and oxygen atoms in total. The number of aliphatic hydroxyl groups is 1. The zero-order chi connectivity index (χ0) is 21.5. The molecular formula is C20H20F3NO5S. The second-order valence-electron chi connectivity index (χ2n) is 7.55. The third-order valence-corrected chi connectivity index (χ3v) is 6.67. The van der Waals surface area contributed by atoms with Gasteiger partial charge in [0.25, 0.3) is 0 Å². The number of carboxylic acid groups (broad SMARTS) is 1.